The first-order chi connectivity index (χ1) is 8.19. The van der Waals surface area contributed by atoms with Gasteiger partial charge in [0.1, 0.15) is 6.07 Å². The van der Waals surface area contributed by atoms with Crippen LogP contribution in [0.3, 0.4) is 0 Å². The maximum absolute atomic E-state index is 8.70. The summed E-state index contributed by atoms with van der Waals surface area (Å²) >= 11 is 0. The van der Waals surface area contributed by atoms with Crippen LogP contribution < -0.4 is 5.73 Å². The van der Waals surface area contributed by atoms with Gasteiger partial charge in [0.25, 0.3) is 0 Å². The molecule has 0 atom stereocenters. The van der Waals surface area contributed by atoms with Crippen LogP contribution in [0.2, 0.25) is 0 Å². The predicted molar refractivity (Wildman–Crippen MR) is 64.2 cm³/mol. The zero-order valence-corrected chi connectivity index (χ0v) is 9.60. The van der Waals surface area contributed by atoms with Gasteiger partial charge in [0.05, 0.1) is 0 Å². The molecule has 1 aromatic heterocycles. The molecule has 0 spiro atoms. The van der Waals surface area contributed by atoms with Crippen molar-refractivity contribution in [2.75, 3.05) is 5.73 Å². The van der Waals surface area contributed by atoms with Crippen LogP contribution in [-0.4, -0.2) is 4.98 Å². The van der Waals surface area contributed by atoms with Crippen molar-refractivity contribution in [3.8, 4) is 6.07 Å². The molecule has 2 N–H and O–H groups in total. The van der Waals surface area contributed by atoms with Gasteiger partial charge in [0, 0.05) is 6.42 Å². The van der Waals surface area contributed by atoms with Crippen molar-refractivity contribution in [3.05, 3.63) is 47.0 Å². The quantitative estimate of drug-likeness (QED) is 0.872. The minimum atomic E-state index is 0.103. The summed E-state index contributed by atoms with van der Waals surface area (Å²) < 4.78 is 5.20. The van der Waals surface area contributed by atoms with Crippen molar-refractivity contribution >= 4 is 5.88 Å². The van der Waals surface area contributed by atoms with Crippen LogP contribution in [0, 0.1) is 18.3 Å². The van der Waals surface area contributed by atoms with Crippen molar-refractivity contribution in [2.24, 2.45) is 0 Å². The highest BCUT2D eigenvalue weighted by atomic mass is 16.4. The highest BCUT2D eigenvalue weighted by Crippen LogP contribution is 2.14. The first kappa shape index (κ1) is 11.2. The highest BCUT2D eigenvalue weighted by molar-refractivity contribution is 5.40. The SMILES string of the molecule is Cc1cccc(CCc2nc(C#N)c(N)o2)c1. The summed E-state index contributed by atoms with van der Waals surface area (Å²) in [6, 6.07) is 10.2. The Labute approximate surface area is 99.7 Å². The summed E-state index contributed by atoms with van der Waals surface area (Å²) in [7, 11) is 0. The summed E-state index contributed by atoms with van der Waals surface area (Å²) in [4.78, 5) is 4.01. The number of hydrogen-bond donors (Lipinski definition) is 1. The molecule has 0 aliphatic carbocycles. The topological polar surface area (TPSA) is 75.8 Å². The Hall–Kier alpha value is -2.28. The molecule has 0 aliphatic heterocycles. The second-order valence-electron chi connectivity index (χ2n) is 3.92. The first-order valence-corrected chi connectivity index (χ1v) is 5.40. The van der Waals surface area contributed by atoms with E-state index < -0.39 is 0 Å². The molecule has 4 nitrogen and oxygen atoms in total. The summed E-state index contributed by atoms with van der Waals surface area (Å²) in [6.45, 7) is 2.06. The zero-order chi connectivity index (χ0) is 12.3. The second kappa shape index (κ2) is 4.71. The van der Waals surface area contributed by atoms with E-state index >= 15 is 0 Å². The van der Waals surface area contributed by atoms with Gasteiger partial charge in [-0.25, -0.2) is 4.98 Å². The standard InChI is InChI=1S/C13H13N3O/c1-9-3-2-4-10(7-9)5-6-12-16-11(8-14)13(15)17-12/h2-4,7H,5-6,15H2,1H3. The smallest absolute Gasteiger partial charge is 0.229 e. The van der Waals surface area contributed by atoms with Gasteiger partial charge in [-0.2, -0.15) is 5.26 Å². The van der Waals surface area contributed by atoms with E-state index in [4.69, 9.17) is 15.4 Å². The molecule has 0 radical (unpaired) electrons. The second-order valence-corrected chi connectivity index (χ2v) is 3.92. The third-order valence-corrected chi connectivity index (χ3v) is 2.51. The molecular weight excluding hydrogens is 214 g/mol. The van der Waals surface area contributed by atoms with Crippen LogP contribution >= 0.6 is 0 Å². The fourth-order valence-electron chi connectivity index (χ4n) is 1.68. The van der Waals surface area contributed by atoms with E-state index in [1.54, 1.807) is 0 Å². The normalized spacial score (nSPS) is 10.1. The summed E-state index contributed by atoms with van der Waals surface area (Å²) in [5.74, 6) is 0.618. The van der Waals surface area contributed by atoms with Crippen LogP contribution in [0.15, 0.2) is 28.7 Å². The largest absolute Gasteiger partial charge is 0.424 e. The molecule has 0 fully saturated rings. The molecule has 2 aromatic rings. The van der Waals surface area contributed by atoms with E-state index in [0.29, 0.717) is 12.3 Å². The number of nitriles is 1. The summed E-state index contributed by atoms with van der Waals surface area (Å²) in [6.07, 6.45) is 1.47. The van der Waals surface area contributed by atoms with Crippen LogP contribution in [0.25, 0.3) is 0 Å². The number of aryl methyl sites for hydroxylation is 3. The Morgan fingerprint density at radius 3 is 2.88 bits per heavy atom. The third kappa shape index (κ3) is 2.64. The fraction of sp³-hybridized carbons (Fsp3) is 0.231. The number of nitrogen functional groups attached to an aromatic ring is 1. The van der Waals surface area contributed by atoms with Gasteiger partial charge < -0.3 is 10.2 Å². The number of nitrogens with zero attached hydrogens (tertiary/aromatic N) is 2. The van der Waals surface area contributed by atoms with Gasteiger partial charge in [-0.3, -0.25) is 0 Å². The van der Waals surface area contributed by atoms with Crippen LogP contribution in [-0.2, 0) is 12.8 Å². The van der Waals surface area contributed by atoms with Gasteiger partial charge in [0.2, 0.25) is 11.6 Å². The van der Waals surface area contributed by atoms with Crippen LogP contribution in [0.5, 0.6) is 0 Å². The number of benzene rings is 1. The van der Waals surface area contributed by atoms with Crippen molar-refractivity contribution in [1.82, 2.24) is 4.98 Å². The van der Waals surface area contributed by atoms with E-state index in [1.165, 1.54) is 11.1 Å². The van der Waals surface area contributed by atoms with Gasteiger partial charge in [-0.05, 0) is 18.9 Å². The van der Waals surface area contributed by atoms with Crippen LogP contribution in [0.4, 0.5) is 5.88 Å². The van der Waals surface area contributed by atoms with Gasteiger partial charge in [-0.15, -0.1) is 0 Å². The molecule has 4 heteroatoms. The maximum Gasteiger partial charge on any atom is 0.229 e. The molecule has 1 heterocycles. The lowest BCUT2D eigenvalue weighted by Gasteiger charge is -1.99. The monoisotopic (exact) mass is 227 g/mol. The maximum atomic E-state index is 8.70. The van der Waals surface area contributed by atoms with Gasteiger partial charge >= 0.3 is 0 Å². The average molecular weight is 227 g/mol. The fourth-order valence-corrected chi connectivity index (χ4v) is 1.68. The van der Waals surface area contributed by atoms with E-state index in [-0.39, 0.29) is 11.6 Å². The Morgan fingerprint density at radius 2 is 2.24 bits per heavy atom. The Morgan fingerprint density at radius 1 is 1.41 bits per heavy atom. The number of hydrogen-bond acceptors (Lipinski definition) is 4. The number of aromatic nitrogens is 1. The van der Waals surface area contributed by atoms with E-state index in [9.17, 15) is 0 Å². The van der Waals surface area contributed by atoms with Crippen molar-refractivity contribution in [1.29, 1.82) is 5.26 Å². The molecule has 0 saturated heterocycles. The number of nitrogens with two attached hydrogens (primary N) is 1. The molecule has 0 amide bonds. The summed E-state index contributed by atoms with van der Waals surface area (Å²) in [5.41, 5.74) is 8.12. The average Bonchev–Trinajstić information content (AvgIpc) is 2.67. The molecule has 0 aliphatic rings. The van der Waals surface area contributed by atoms with Gasteiger partial charge in [0.15, 0.2) is 5.89 Å². The van der Waals surface area contributed by atoms with E-state index in [0.717, 1.165) is 6.42 Å². The number of rotatable bonds is 3. The molecule has 0 bridgehead atoms. The lowest BCUT2D eigenvalue weighted by molar-refractivity contribution is 0.509. The van der Waals surface area contributed by atoms with Gasteiger partial charge in [-0.1, -0.05) is 29.8 Å². The highest BCUT2D eigenvalue weighted by Gasteiger charge is 2.09. The molecule has 2 rings (SSSR count). The molecule has 17 heavy (non-hydrogen) atoms. The Balaban J connectivity index is 2.05. The molecule has 86 valence electrons. The molecule has 0 unspecified atom stereocenters. The lowest BCUT2D eigenvalue weighted by Crippen LogP contribution is -1.92. The van der Waals surface area contributed by atoms with E-state index in [1.807, 2.05) is 12.1 Å². The molecule has 1 aromatic carbocycles. The lowest BCUT2D eigenvalue weighted by atomic mass is 10.1. The summed E-state index contributed by atoms with van der Waals surface area (Å²) in [5, 5.41) is 8.70. The van der Waals surface area contributed by atoms with Crippen LogP contribution in [0.1, 0.15) is 22.7 Å². The van der Waals surface area contributed by atoms with E-state index in [2.05, 4.69) is 30.1 Å². The molecule has 0 saturated carbocycles. The minimum absolute atomic E-state index is 0.103. The van der Waals surface area contributed by atoms with Crippen molar-refractivity contribution in [2.45, 2.75) is 19.8 Å². The third-order valence-electron chi connectivity index (χ3n) is 2.51. The Kier molecular flexibility index (Phi) is 3.10. The molecular formula is C13H13N3O. The number of oxazole rings is 1. The first-order valence-electron chi connectivity index (χ1n) is 5.40. The van der Waals surface area contributed by atoms with Crippen molar-refractivity contribution < 1.29 is 4.42 Å². The zero-order valence-electron chi connectivity index (χ0n) is 9.60. The Bertz CT molecular complexity index is 566. The minimum Gasteiger partial charge on any atom is -0.424 e. The predicted octanol–water partition coefficient (Wildman–Crippen LogP) is 2.22. The van der Waals surface area contributed by atoms with Crippen molar-refractivity contribution in [3.63, 3.8) is 0 Å². The number of anilines is 1.